The van der Waals surface area contributed by atoms with Crippen LogP contribution in [0, 0.1) is 0 Å². The third-order valence-corrected chi connectivity index (χ3v) is 32.7. The molecule has 2 unspecified atom stereocenters. The van der Waals surface area contributed by atoms with Crippen molar-refractivity contribution >= 4 is 228 Å². The van der Waals surface area contributed by atoms with Crippen molar-refractivity contribution in [3.05, 3.63) is 455 Å². The van der Waals surface area contributed by atoms with Crippen molar-refractivity contribution in [2.45, 2.75) is 0 Å². The lowest BCUT2D eigenvalue weighted by Crippen LogP contribution is -2.62. The Morgan fingerprint density at radius 3 is 0.845 bits per heavy atom. The number of nitrogens with zero attached hydrogens (tertiary/aromatic N) is 4. The highest BCUT2D eigenvalue weighted by Crippen LogP contribution is 2.50. The second-order valence-electron chi connectivity index (χ2n) is 25.7. The van der Waals surface area contributed by atoms with E-state index >= 15 is 0 Å². The average molecular weight is 1770 g/mol. The van der Waals surface area contributed by atoms with Crippen LogP contribution in [-0.4, -0.2) is 32.7 Å². The van der Waals surface area contributed by atoms with Crippen molar-refractivity contribution in [2.24, 2.45) is 0 Å². The maximum Gasteiger partial charge on any atom is 0.310 e. The number of fused-ring (bicyclic) bond motifs is 4. The summed E-state index contributed by atoms with van der Waals surface area (Å²) in [6, 6.07) is 153. The Bertz CT molecular complexity index is 5030. The topological polar surface area (TPSA) is 13.0 Å². The Kier molecular flexibility index (Phi) is 27.0. The number of hydrogen-bond donors (Lipinski definition) is 0. The van der Waals surface area contributed by atoms with Gasteiger partial charge in [-0.2, -0.15) is 0 Å². The molecule has 0 aliphatic carbocycles. The van der Waals surface area contributed by atoms with Gasteiger partial charge in [-0.3, -0.25) is 0 Å². The van der Waals surface area contributed by atoms with E-state index in [0.717, 1.165) is 62.4 Å². The molecule has 0 saturated carbocycles. The van der Waals surface area contributed by atoms with Crippen LogP contribution >= 0.6 is 85.9 Å². The second kappa shape index (κ2) is 38.0. The number of para-hydroxylation sites is 8. The highest BCUT2D eigenvalue weighted by Gasteiger charge is 2.40. The van der Waals surface area contributed by atoms with Gasteiger partial charge in [0.1, 0.15) is 17.6 Å². The summed E-state index contributed by atoms with van der Waals surface area (Å²) in [5.41, 5.74) is 13.8. The summed E-state index contributed by atoms with van der Waals surface area (Å²) >= 11 is 28.3. The van der Waals surface area contributed by atoms with Crippen LogP contribution in [0.25, 0.3) is 0 Å². The molecule has 16 aromatic rings. The largest absolute Gasteiger partial charge is 0.311 e. The van der Waals surface area contributed by atoms with Gasteiger partial charge in [-0.15, -0.1) is 22.2 Å². The third-order valence-electron chi connectivity index (χ3n) is 18.9. The Labute approximate surface area is 695 Å². The monoisotopic (exact) mass is 1760 g/mol. The normalized spacial score (nSPS) is 12.7. The van der Waals surface area contributed by atoms with E-state index in [0.29, 0.717) is 0 Å². The summed E-state index contributed by atoms with van der Waals surface area (Å²) in [4.78, 5) is 9.54. The average Bonchev–Trinajstić information content (AvgIpc) is 0.708. The van der Waals surface area contributed by atoms with Crippen molar-refractivity contribution in [1.82, 2.24) is 0 Å². The molecule has 14 heteroatoms. The van der Waals surface area contributed by atoms with E-state index in [9.17, 15) is 0 Å². The summed E-state index contributed by atoms with van der Waals surface area (Å²) in [5, 5.41) is 10.9. The minimum absolute atomic E-state index is 0. The van der Waals surface area contributed by atoms with Crippen LogP contribution in [0.4, 0.5) is 68.2 Å². The van der Waals surface area contributed by atoms with Gasteiger partial charge in [0.25, 0.3) is 0 Å². The molecule has 16 aromatic carbocycles. The standard InChI is InChI=1S/C42H32N2Si2.C30H20Br4N2.C12H10Cl2Si.2C6H6.B/c1-5-17-31(18-6-1)43-35-25-13-15-27-39(35)45(33-21-9-3-10-22-33)41-30-42-38(29-37(41)43)44(32-19-7-2-8-20-32)36-26-14-16-28-40(36)46(42)34-23-11-4-12-24-34;31-23-15-7-9-17-27(23)35(21-11-3-1-4-12-21)29-20-30(26(34)19-25(29)33)36(22-13-5-2-6-14-22)28-18-10-8-16-24(28)32;13-15(14,11-7-3-1-4-8-11)12-9-5-2-6-10-12;2*1-2-4-6-5-3-1;/h1-30,45-46H;1-20H;1-10H;2*1-6H;. The van der Waals surface area contributed by atoms with Gasteiger partial charge in [-0.25, -0.2) is 0 Å². The summed E-state index contributed by atoms with van der Waals surface area (Å²) in [6.45, 7) is -2.51. The maximum absolute atomic E-state index is 6.49. The fourth-order valence-corrected chi connectivity index (χ4v) is 26.2. The van der Waals surface area contributed by atoms with E-state index in [-0.39, 0.29) is 8.41 Å². The van der Waals surface area contributed by atoms with Crippen LogP contribution < -0.4 is 61.1 Å². The molecule has 18 rings (SSSR count). The Balaban J connectivity index is 0.000000145. The predicted octanol–water partition coefficient (Wildman–Crippen LogP) is 23.1. The van der Waals surface area contributed by atoms with Crippen LogP contribution in [0.1, 0.15) is 0 Å². The van der Waals surface area contributed by atoms with E-state index in [1.54, 1.807) is 0 Å². The Morgan fingerprint density at radius 1 is 0.236 bits per heavy atom. The molecule has 0 saturated heterocycles. The van der Waals surface area contributed by atoms with Gasteiger partial charge in [0.15, 0.2) is 0 Å². The summed E-state index contributed by atoms with van der Waals surface area (Å²) in [7, 11) is -3.66. The van der Waals surface area contributed by atoms with Crippen LogP contribution in [0.5, 0.6) is 0 Å². The number of anilines is 12. The fourth-order valence-electron chi connectivity index (χ4n) is 14.0. The number of hydrogen-bond acceptors (Lipinski definition) is 4. The van der Waals surface area contributed by atoms with E-state index < -0.39 is 24.3 Å². The molecular weight excluding hydrogens is 1690 g/mol. The molecule has 0 N–H and O–H groups in total. The number of halogens is 6. The van der Waals surface area contributed by atoms with Crippen molar-refractivity contribution in [3.63, 3.8) is 0 Å². The quantitative estimate of drug-likeness (QED) is 0.0893. The molecule has 0 amide bonds. The lowest BCUT2D eigenvalue weighted by Gasteiger charge is -2.42. The van der Waals surface area contributed by atoms with Crippen LogP contribution in [-0.2, 0) is 0 Å². The second-order valence-corrected chi connectivity index (χ2v) is 41.0. The minimum Gasteiger partial charge on any atom is -0.311 e. The summed E-state index contributed by atoms with van der Waals surface area (Å²) < 4.78 is 3.96. The van der Waals surface area contributed by atoms with Crippen LogP contribution in [0.15, 0.2) is 455 Å². The fraction of sp³-hybridized carbons (Fsp3) is 0. The lowest BCUT2D eigenvalue weighted by molar-refractivity contribution is 1.22. The minimum atomic E-state index is -2.51. The van der Waals surface area contributed by atoms with Crippen LogP contribution in [0.3, 0.4) is 0 Å². The van der Waals surface area contributed by atoms with Crippen molar-refractivity contribution in [1.29, 1.82) is 0 Å². The molecular formula is C96H74BBr4Cl2N4Si3. The SMILES string of the molecule is Brc1ccccc1N(c1ccccc1)c1cc(N(c2ccccc2)c2ccccc2Br)c(Br)cc1Br.Cl[Si](Cl)(c1ccccc1)c1ccccc1.[B].c1ccc(N2c3ccccc3[SiH](c3ccccc3)c3cc4c(cc32)N(c2ccccc2)c2ccccc2[SiH]4c2ccccc2)cc1.c1ccccc1.c1ccccc1. The van der Waals surface area contributed by atoms with Gasteiger partial charge < -0.3 is 19.6 Å². The van der Waals surface area contributed by atoms with E-state index in [1.807, 2.05) is 158 Å². The van der Waals surface area contributed by atoms with Gasteiger partial charge in [-0.1, -0.05) is 344 Å². The first kappa shape index (κ1) is 78.1. The van der Waals surface area contributed by atoms with Gasteiger partial charge in [0, 0.05) is 71.8 Å². The number of benzene rings is 16. The molecule has 4 nitrogen and oxygen atoms in total. The first-order valence-corrected chi connectivity index (χ1v) is 46.6. The Hall–Kier alpha value is -10.1. The van der Waals surface area contributed by atoms with Crippen LogP contribution in [0.2, 0.25) is 0 Å². The molecule has 2 heterocycles. The van der Waals surface area contributed by atoms with Gasteiger partial charge in [-0.05, 0) is 198 Å². The molecule has 0 spiro atoms. The number of rotatable bonds is 12. The van der Waals surface area contributed by atoms with Crippen molar-refractivity contribution in [2.75, 3.05) is 19.6 Å². The molecule has 0 bridgehead atoms. The zero-order valence-electron chi connectivity index (χ0n) is 59.9. The molecule has 2 atom stereocenters. The summed E-state index contributed by atoms with van der Waals surface area (Å²) in [6.07, 6.45) is 0. The van der Waals surface area contributed by atoms with E-state index in [1.165, 1.54) is 65.2 Å². The molecule has 2 aliphatic rings. The molecule has 0 fully saturated rings. The van der Waals surface area contributed by atoms with Gasteiger partial charge >= 0.3 is 6.69 Å². The smallest absolute Gasteiger partial charge is 0.310 e. The van der Waals surface area contributed by atoms with Gasteiger partial charge in [0.2, 0.25) is 0 Å². The maximum atomic E-state index is 6.49. The molecule has 3 radical (unpaired) electrons. The lowest BCUT2D eigenvalue weighted by atomic mass is 10.1. The van der Waals surface area contributed by atoms with E-state index in [2.05, 4.69) is 362 Å². The predicted molar refractivity (Wildman–Crippen MR) is 496 cm³/mol. The Morgan fingerprint density at radius 2 is 0.509 bits per heavy atom. The zero-order chi connectivity index (χ0) is 74.7. The van der Waals surface area contributed by atoms with Crippen molar-refractivity contribution < 1.29 is 0 Å². The first-order valence-electron chi connectivity index (χ1n) is 36.0. The third kappa shape index (κ3) is 18.0. The molecule has 110 heavy (non-hydrogen) atoms. The highest BCUT2D eigenvalue weighted by atomic mass is 79.9. The molecule has 535 valence electrons. The van der Waals surface area contributed by atoms with Crippen molar-refractivity contribution in [3.8, 4) is 0 Å². The summed E-state index contributed by atoms with van der Waals surface area (Å²) in [5.74, 6) is 0. The zero-order valence-corrected chi connectivity index (χ0v) is 71.0. The molecule has 0 aromatic heterocycles. The van der Waals surface area contributed by atoms with E-state index in [4.69, 9.17) is 22.2 Å². The first-order chi connectivity index (χ1) is 53.6. The highest BCUT2D eigenvalue weighted by molar-refractivity contribution is 9.11. The molecule has 2 aliphatic heterocycles. The van der Waals surface area contributed by atoms with Gasteiger partial charge in [0.05, 0.1) is 22.7 Å².